The van der Waals surface area contributed by atoms with Crippen LogP contribution >= 0.6 is 0 Å². The molecule has 1 aromatic carbocycles. The van der Waals surface area contributed by atoms with Gasteiger partial charge in [-0.2, -0.15) is 0 Å². The average molecular weight is 426 g/mol. The minimum atomic E-state index is -0.528. The number of para-hydroxylation sites is 1. The van der Waals surface area contributed by atoms with Crippen LogP contribution in [0.2, 0.25) is 0 Å². The fraction of sp³-hybridized carbons (Fsp3) is 0.680. The van der Waals surface area contributed by atoms with Gasteiger partial charge in [-0.15, -0.1) is 0 Å². The summed E-state index contributed by atoms with van der Waals surface area (Å²) in [7, 11) is 0. The molecule has 1 spiro atoms. The van der Waals surface area contributed by atoms with Gasteiger partial charge in [0.15, 0.2) is 0 Å². The van der Waals surface area contributed by atoms with E-state index < -0.39 is 17.1 Å². The van der Waals surface area contributed by atoms with Crippen LogP contribution in [0.3, 0.4) is 0 Å². The van der Waals surface area contributed by atoms with Crippen molar-refractivity contribution in [1.29, 1.82) is 0 Å². The highest BCUT2D eigenvalue weighted by atomic mass is 16.3. The molecule has 0 radical (unpaired) electrons. The van der Waals surface area contributed by atoms with Gasteiger partial charge in [-0.3, -0.25) is 9.59 Å². The third kappa shape index (κ3) is 4.07. The zero-order valence-corrected chi connectivity index (χ0v) is 18.4. The van der Waals surface area contributed by atoms with Crippen molar-refractivity contribution in [2.24, 2.45) is 11.3 Å². The van der Waals surface area contributed by atoms with Crippen molar-refractivity contribution in [3.8, 4) is 0 Å². The van der Waals surface area contributed by atoms with E-state index in [0.717, 1.165) is 37.9 Å². The average Bonchev–Trinajstić information content (AvgIpc) is 3.47. The fourth-order valence-electron chi connectivity index (χ4n) is 6.07. The first-order valence-electron chi connectivity index (χ1n) is 12.1. The lowest BCUT2D eigenvalue weighted by atomic mass is 9.70. The van der Waals surface area contributed by atoms with E-state index in [9.17, 15) is 14.7 Å². The lowest BCUT2D eigenvalue weighted by Gasteiger charge is -2.49. The summed E-state index contributed by atoms with van der Waals surface area (Å²) in [6, 6.07) is 10.0. The van der Waals surface area contributed by atoms with Crippen LogP contribution in [0.25, 0.3) is 0 Å². The zero-order chi connectivity index (χ0) is 21.5. The predicted octanol–water partition coefficient (Wildman–Crippen LogP) is 3.02. The van der Waals surface area contributed by atoms with Crippen molar-refractivity contribution < 1.29 is 14.7 Å². The quantitative estimate of drug-likeness (QED) is 0.761. The normalized spacial score (nSPS) is 27.5. The van der Waals surface area contributed by atoms with E-state index in [1.54, 1.807) is 0 Å². The van der Waals surface area contributed by atoms with Gasteiger partial charge in [0, 0.05) is 31.9 Å². The van der Waals surface area contributed by atoms with Gasteiger partial charge in [0.2, 0.25) is 11.8 Å². The number of nitrogens with one attached hydrogen (secondary N) is 1. The number of β-amino-alcohol motifs (C(OH)–C–C–N with tert-alkyl or cyclic N) is 1. The molecule has 2 aliphatic heterocycles. The van der Waals surface area contributed by atoms with E-state index in [0.29, 0.717) is 44.8 Å². The van der Waals surface area contributed by atoms with Crippen LogP contribution < -0.4 is 5.32 Å². The topological polar surface area (TPSA) is 72.9 Å². The number of hydrogen-bond acceptors (Lipinski definition) is 4. The summed E-state index contributed by atoms with van der Waals surface area (Å²) < 4.78 is 0. The van der Waals surface area contributed by atoms with E-state index in [1.807, 2.05) is 40.1 Å². The second-order valence-electron chi connectivity index (χ2n) is 10.4. The highest BCUT2D eigenvalue weighted by Gasteiger charge is 2.51. The Bertz CT molecular complexity index is 807. The molecule has 1 unspecified atom stereocenters. The zero-order valence-electron chi connectivity index (χ0n) is 18.4. The Morgan fingerprint density at radius 2 is 1.74 bits per heavy atom. The molecule has 2 heterocycles. The first-order valence-corrected chi connectivity index (χ1v) is 12.1. The number of benzene rings is 1. The monoisotopic (exact) mass is 425 g/mol. The van der Waals surface area contributed by atoms with Crippen molar-refractivity contribution in [1.82, 2.24) is 9.80 Å². The van der Waals surface area contributed by atoms with Gasteiger partial charge in [-0.25, -0.2) is 0 Å². The molecule has 2 saturated heterocycles. The molecule has 31 heavy (non-hydrogen) atoms. The van der Waals surface area contributed by atoms with Gasteiger partial charge < -0.3 is 20.2 Å². The highest BCUT2D eigenvalue weighted by Crippen LogP contribution is 2.44. The summed E-state index contributed by atoms with van der Waals surface area (Å²) in [5, 5.41) is 14.1. The van der Waals surface area contributed by atoms with Crippen LogP contribution in [0.4, 0.5) is 5.69 Å². The van der Waals surface area contributed by atoms with Crippen LogP contribution in [0.1, 0.15) is 57.8 Å². The maximum Gasteiger partial charge on any atom is 0.248 e. The molecule has 4 fully saturated rings. The van der Waals surface area contributed by atoms with Crippen molar-refractivity contribution in [2.45, 2.75) is 69.4 Å². The predicted molar refractivity (Wildman–Crippen MR) is 119 cm³/mol. The number of amides is 2. The van der Waals surface area contributed by atoms with Gasteiger partial charge in [-0.1, -0.05) is 31.0 Å². The molecule has 2 N–H and O–H groups in total. The fourth-order valence-corrected chi connectivity index (χ4v) is 6.07. The van der Waals surface area contributed by atoms with E-state index in [2.05, 4.69) is 5.32 Å². The first kappa shape index (κ1) is 20.8. The van der Waals surface area contributed by atoms with Gasteiger partial charge in [0.05, 0.1) is 11.5 Å². The number of likely N-dealkylation sites (tertiary alicyclic amines) is 2. The maximum absolute atomic E-state index is 13.7. The SMILES string of the molecule is O=C1N(CC2CC2)CC(O)CC12CCN(C(=O)C1(Nc3ccccc3)CCCC1)CC2. The van der Waals surface area contributed by atoms with Crippen molar-refractivity contribution >= 4 is 17.5 Å². The Morgan fingerprint density at radius 3 is 2.39 bits per heavy atom. The summed E-state index contributed by atoms with van der Waals surface area (Å²) in [6.45, 7) is 2.48. The minimum Gasteiger partial charge on any atom is -0.391 e. The summed E-state index contributed by atoms with van der Waals surface area (Å²) >= 11 is 0. The highest BCUT2D eigenvalue weighted by molar-refractivity contribution is 5.90. The minimum absolute atomic E-state index is 0.183. The Labute approximate surface area is 185 Å². The molecule has 1 atom stereocenters. The molecule has 5 rings (SSSR count). The molecule has 6 heteroatoms. The van der Waals surface area contributed by atoms with Crippen LogP contribution in [-0.2, 0) is 9.59 Å². The Hall–Kier alpha value is -2.08. The van der Waals surface area contributed by atoms with Crippen molar-refractivity contribution in [3.05, 3.63) is 30.3 Å². The van der Waals surface area contributed by atoms with Gasteiger partial charge in [-0.05, 0) is 63.0 Å². The van der Waals surface area contributed by atoms with Crippen LogP contribution in [-0.4, -0.2) is 64.5 Å². The molecule has 2 saturated carbocycles. The van der Waals surface area contributed by atoms with Crippen molar-refractivity contribution in [2.75, 3.05) is 31.5 Å². The Kier molecular flexibility index (Phi) is 5.45. The van der Waals surface area contributed by atoms with Crippen LogP contribution in [0.15, 0.2) is 30.3 Å². The third-order valence-corrected chi connectivity index (χ3v) is 8.01. The summed E-state index contributed by atoms with van der Waals surface area (Å²) in [6.07, 6.45) is 7.66. The number of anilines is 1. The van der Waals surface area contributed by atoms with E-state index in [1.165, 1.54) is 12.8 Å². The number of carbonyl (C=O) groups excluding carboxylic acids is 2. The number of aliphatic hydroxyl groups is 1. The molecule has 168 valence electrons. The molecule has 0 aromatic heterocycles. The maximum atomic E-state index is 13.7. The number of carbonyl (C=O) groups is 2. The second-order valence-corrected chi connectivity index (χ2v) is 10.4. The molecule has 1 aromatic rings. The second kappa shape index (κ2) is 8.12. The number of hydrogen-bond donors (Lipinski definition) is 2. The van der Waals surface area contributed by atoms with Gasteiger partial charge in [0.1, 0.15) is 5.54 Å². The van der Waals surface area contributed by atoms with E-state index in [4.69, 9.17) is 0 Å². The molecule has 4 aliphatic rings. The molecular weight excluding hydrogens is 390 g/mol. The Morgan fingerprint density at radius 1 is 1.06 bits per heavy atom. The standard InChI is InChI=1S/C25H35N3O3/c29-21-16-24(22(30)28(18-21)17-19-8-9-19)12-14-27(15-13-24)23(31)25(10-4-5-11-25)26-20-6-2-1-3-7-20/h1-3,6-7,19,21,26,29H,4-5,8-18H2. The van der Waals surface area contributed by atoms with Gasteiger partial charge in [0.25, 0.3) is 0 Å². The number of nitrogens with zero attached hydrogens (tertiary/aromatic N) is 2. The Balaban J connectivity index is 1.27. The largest absolute Gasteiger partial charge is 0.391 e. The van der Waals surface area contributed by atoms with Crippen LogP contribution in [0.5, 0.6) is 0 Å². The first-order chi connectivity index (χ1) is 15.0. The third-order valence-electron chi connectivity index (χ3n) is 8.01. The molecular formula is C25H35N3O3. The number of rotatable bonds is 5. The summed E-state index contributed by atoms with van der Waals surface area (Å²) in [4.78, 5) is 30.9. The molecule has 6 nitrogen and oxygen atoms in total. The number of piperidine rings is 2. The molecule has 2 amide bonds. The van der Waals surface area contributed by atoms with Crippen LogP contribution in [0, 0.1) is 11.3 Å². The van der Waals surface area contributed by atoms with E-state index >= 15 is 0 Å². The summed E-state index contributed by atoms with van der Waals surface area (Å²) in [5.41, 5.74) is -0.0218. The lowest BCUT2D eigenvalue weighted by Crippen LogP contribution is -2.60. The van der Waals surface area contributed by atoms with Crippen molar-refractivity contribution in [3.63, 3.8) is 0 Å². The van der Waals surface area contributed by atoms with Gasteiger partial charge >= 0.3 is 0 Å². The summed E-state index contributed by atoms with van der Waals surface area (Å²) in [5.74, 6) is 1.02. The van der Waals surface area contributed by atoms with E-state index in [-0.39, 0.29) is 11.8 Å². The smallest absolute Gasteiger partial charge is 0.248 e. The molecule has 0 bridgehead atoms. The lowest BCUT2D eigenvalue weighted by molar-refractivity contribution is -0.159. The number of aliphatic hydroxyl groups excluding tert-OH is 1. The molecule has 2 aliphatic carbocycles.